The van der Waals surface area contributed by atoms with Gasteiger partial charge in [0, 0.05) is 16.6 Å². The molecular weight excluding hydrogens is 335 g/mol. The van der Waals surface area contributed by atoms with Gasteiger partial charge in [0.25, 0.3) is 11.7 Å². The largest absolute Gasteiger partial charge is 0.488 e. The number of Topliss-reactive ketones (excluding diaryl/α,β-unsaturated/α-hetero) is 1. The zero-order chi connectivity index (χ0) is 18.7. The lowest BCUT2D eigenvalue weighted by Crippen LogP contribution is -2.41. The Balaban J connectivity index is 1.66. The third-order valence-corrected chi connectivity index (χ3v) is 4.03. The summed E-state index contributed by atoms with van der Waals surface area (Å²) in [5, 5.41) is 3.31. The highest BCUT2D eigenvalue weighted by atomic mass is 19.1. The van der Waals surface area contributed by atoms with E-state index in [4.69, 9.17) is 4.74 Å². The quantitative estimate of drug-likeness (QED) is 0.527. The van der Waals surface area contributed by atoms with Gasteiger partial charge in [-0.2, -0.15) is 0 Å². The van der Waals surface area contributed by atoms with Crippen molar-refractivity contribution < 1.29 is 18.7 Å². The summed E-state index contributed by atoms with van der Waals surface area (Å²) in [7, 11) is 0. The lowest BCUT2D eigenvalue weighted by molar-refractivity contribution is -0.117. The van der Waals surface area contributed by atoms with Crippen LogP contribution >= 0.6 is 0 Å². The zero-order valence-corrected chi connectivity index (χ0v) is 14.5. The molecule has 134 valence electrons. The number of para-hydroxylation sites is 2. The van der Waals surface area contributed by atoms with E-state index in [1.165, 1.54) is 12.1 Å². The minimum atomic E-state index is -0.720. The van der Waals surface area contributed by atoms with E-state index in [1.54, 1.807) is 32.0 Å². The molecule has 5 nitrogen and oxygen atoms in total. The molecule has 3 aromatic rings. The Hall–Kier alpha value is -3.15. The fourth-order valence-corrected chi connectivity index (χ4v) is 2.79. The van der Waals surface area contributed by atoms with E-state index in [9.17, 15) is 14.0 Å². The second-order valence-electron chi connectivity index (χ2n) is 6.12. The van der Waals surface area contributed by atoms with Crippen LogP contribution in [0.1, 0.15) is 23.0 Å². The molecule has 0 radical (unpaired) electrons. The molecule has 0 fully saturated rings. The second-order valence-corrected chi connectivity index (χ2v) is 6.12. The predicted molar refractivity (Wildman–Crippen MR) is 96.9 cm³/mol. The van der Waals surface area contributed by atoms with Crippen LogP contribution in [0.2, 0.25) is 0 Å². The van der Waals surface area contributed by atoms with Gasteiger partial charge in [0.2, 0.25) is 0 Å². The number of H-pyrrole nitrogens is 1. The molecular formula is C20H19FN2O3. The highest BCUT2D eigenvalue weighted by Gasteiger charge is 2.23. The van der Waals surface area contributed by atoms with E-state index >= 15 is 0 Å². The molecule has 2 aromatic carbocycles. The fourth-order valence-electron chi connectivity index (χ4n) is 2.79. The monoisotopic (exact) mass is 354 g/mol. The Bertz CT molecular complexity index is 965. The average molecular weight is 354 g/mol. The van der Waals surface area contributed by atoms with Crippen molar-refractivity contribution >= 4 is 22.6 Å². The zero-order valence-electron chi connectivity index (χ0n) is 14.5. The third kappa shape index (κ3) is 3.59. The van der Waals surface area contributed by atoms with Gasteiger partial charge in [-0.3, -0.25) is 9.59 Å². The number of hydrogen-bond donors (Lipinski definition) is 2. The number of aryl methyl sites for hydroxylation is 1. The van der Waals surface area contributed by atoms with Gasteiger partial charge in [0.05, 0.1) is 11.6 Å². The first-order chi connectivity index (χ1) is 12.5. The summed E-state index contributed by atoms with van der Waals surface area (Å²) in [5.41, 5.74) is 1.80. The number of halogens is 1. The molecule has 0 aliphatic carbocycles. The smallest absolute Gasteiger partial charge is 0.292 e. The van der Waals surface area contributed by atoms with E-state index in [0.717, 1.165) is 5.52 Å². The van der Waals surface area contributed by atoms with Crippen molar-refractivity contribution in [1.82, 2.24) is 10.3 Å². The number of aromatic nitrogens is 1. The summed E-state index contributed by atoms with van der Waals surface area (Å²) in [6.07, 6.45) is 0. The van der Waals surface area contributed by atoms with Crippen LogP contribution in [0.5, 0.6) is 5.75 Å². The number of benzene rings is 2. The molecule has 0 bridgehead atoms. The maximum atomic E-state index is 13.5. The highest BCUT2D eigenvalue weighted by Crippen LogP contribution is 2.22. The van der Waals surface area contributed by atoms with E-state index < -0.39 is 23.5 Å². The van der Waals surface area contributed by atoms with Crippen LogP contribution in [0, 0.1) is 12.7 Å². The van der Waals surface area contributed by atoms with Crippen molar-refractivity contribution in [3.8, 4) is 5.75 Å². The molecule has 1 heterocycles. The first-order valence-electron chi connectivity index (χ1n) is 8.27. The summed E-state index contributed by atoms with van der Waals surface area (Å²) < 4.78 is 18.9. The minimum Gasteiger partial charge on any atom is -0.488 e. The van der Waals surface area contributed by atoms with Gasteiger partial charge in [-0.1, -0.05) is 30.3 Å². The van der Waals surface area contributed by atoms with Crippen molar-refractivity contribution in [3.05, 3.63) is 65.6 Å². The fraction of sp³-hybridized carbons (Fsp3) is 0.200. The Morgan fingerprint density at radius 1 is 1.15 bits per heavy atom. The van der Waals surface area contributed by atoms with Gasteiger partial charge in [-0.05, 0) is 32.0 Å². The Morgan fingerprint density at radius 3 is 2.62 bits per heavy atom. The number of hydrogen-bond acceptors (Lipinski definition) is 3. The summed E-state index contributed by atoms with van der Waals surface area (Å²) in [6.45, 7) is 3.49. The predicted octanol–water partition coefficient (Wildman–Crippen LogP) is 3.38. The van der Waals surface area contributed by atoms with Crippen LogP contribution in [0.25, 0.3) is 10.9 Å². The van der Waals surface area contributed by atoms with E-state index in [-0.39, 0.29) is 12.4 Å². The van der Waals surface area contributed by atoms with Gasteiger partial charge in [0.15, 0.2) is 11.6 Å². The lowest BCUT2D eigenvalue weighted by Gasteiger charge is -2.15. The van der Waals surface area contributed by atoms with Crippen molar-refractivity contribution in [2.45, 2.75) is 19.9 Å². The maximum Gasteiger partial charge on any atom is 0.292 e. The molecule has 1 atom stereocenters. The average Bonchev–Trinajstić information content (AvgIpc) is 2.96. The van der Waals surface area contributed by atoms with Gasteiger partial charge in [0.1, 0.15) is 6.61 Å². The molecule has 0 saturated heterocycles. The number of aromatic amines is 1. The topological polar surface area (TPSA) is 71.2 Å². The number of ether oxygens (including phenoxy) is 1. The van der Waals surface area contributed by atoms with Gasteiger partial charge >= 0.3 is 0 Å². The molecule has 0 spiro atoms. The molecule has 2 N–H and O–H groups in total. The van der Waals surface area contributed by atoms with Gasteiger partial charge in [-0.15, -0.1) is 0 Å². The first kappa shape index (κ1) is 17.7. The summed E-state index contributed by atoms with van der Waals surface area (Å²) in [6, 6.07) is 12.9. The molecule has 1 amide bonds. The SMILES string of the molecule is Cc1[nH]c2ccccc2c1C(=O)C(=O)NC(C)COc1ccccc1F. The molecule has 0 saturated carbocycles. The van der Waals surface area contributed by atoms with Crippen LogP contribution in [-0.2, 0) is 4.79 Å². The summed E-state index contributed by atoms with van der Waals surface area (Å²) >= 11 is 0. The van der Waals surface area contributed by atoms with Crippen molar-refractivity contribution in [2.24, 2.45) is 0 Å². The van der Waals surface area contributed by atoms with Crippen molar-refractivity contribution in [2.75, 3.05) is 6.61 Å². The van der Waals surface area contributed by atoms with E-state index in [0.29, 0.717) is 16.6 Å². The molecule has 0 aliphatic rings. The maximum absolute atomic E-state index is 13.5. The van der Waals surface area contributed by atoms with Crippen LogP contribution in [0.4, 0.5) is 4.39 Å². The standard InChI is InChI=1S/C20H19FN2O3/c1-12(11-26-17-10-6-4-8-15(17)21)22-20(25)19(24)18-13(2)23-16-9-5-3-7-14(16)18/h3-10,12,23H,11H2,1-2H3,(H,22,25). The molecule has 26 heavy (non-hydrogen) atoms. The Kier molecular flexibility index (Phi) is 5.02. The normalized spacial score (nSPS) is 12.0. The molecule has 1 aromatic heterocycles. The highest BCUT2D eigenvalue weighted by molar-refractivity contribution is 6.45. The molecule has 0 aliphatic heterocycles. The van der Waals surface area contributed by atoms with Crippen molar-refractivity contribution in [3.63, 3.8) is 0 Å². The number of fused-ring (bicyclic) bond motifs is 1. The first-order valence-corrected chi connectivity index (χ1v) is 8.27. The molecule has 1 unspecified atom stereocenters. The van der Waals surface area contributed by atoms with Crippen LogP contribution in [0.3, 0.4) is 0 Å². The molecule has 6 heteroatoms. The van der Waals surface area contributed by atoms with Gasteiger partial charge in [-0.25, -0.2) is 4.39 Å². The Labute approximate surface area is 150 Å². The Morgan fingerprint density at radius 2 is 1.85 bits per heavy atom. The minimum absolute atomic E-state index is 0.0484. The van der Waals surface area contributed by atoms with E-state index in [1.807, 2.05) is 18.2 Å². The third-order valence-electron chi connectivity index (χ3n) is 4.03. The molecule has 3 rings (SSSR count). The van der Waals surface area contributed by atoms with Crippen LogP contribution < -0.4 is 10.1 Å². The lowest BCUT2D eigenvalue weighted by atomic mass is 10.1. The number of carbonyl (C=O) groups is 2. The number of rotatable bonds is 6. The second kappa shape index (κ2) is 7.39. The van der Waals surface area contributed by atoms with E-state index in [2.05, 4.69) is 10.3 Å². The van der Waals surface area contributed by atoms with Crippen molar-refractivity contribution in [1.29, 1.82) is 0 Å². The summed E-state index contributed by atoms with van der Waals surface area (Å²) in [4.78, 5) is 28.0. The van der Waals surface area contributed by atoms with Crippen LogP contribution in [-0.4, -0.2) is 29.3 Å². The van der Waals surface area contributed by atoms with Gasteiger partial charge < -0.3 is 15.0 Å². The number of nitrogens with one attached hydrogen (secondary N) is 2. The van der Waals surface area contributed by atoms with Crippen LogP contribution in [0.15, 0.2) is 48.5 Å². The number of ketones is 1. The number of carbonyl (C=O) groups excluding carboxylic acids is 2. The summed E-state index contributed by atoms with van der Waals surface area (Å²) in [5.74, 6) is -1.70. The number of amides is 1.